The zero-order valence-electron chi connectivity index (χ0n) is 26.9. The number of benzene rings is 7. The van der Waals surface area contributed by atoms with Gasteiger partial charge in [0.15, 0.2) is 0 Å². The fraction of sp³-hybridized carbons (Fsp3) is 0.0870. The van der Waals surface area contributed by atoms with Gasteiger partial charge >= 0.3 is 0 Å². The average Bonchev–Trinajstić information content (AvgIpc) is 3.65. The lowest BCUT2D eigenvalue weighted by Crippen LogP contribution is -2.40. The number of nitrogens with zero attached hydrogens (tertiary/aromatic N) is 1. The molecule has 0 amide bonds. The van der Waals surface area contributed by atoms with E-state index in [4.69, 9.17) is 0 Å². The number of fused-ring (bicyclic) bond motifs is 12. The van der Waals surface area contributed by atoms with Crippen molar-refractivity contribution in [3.63, 3.8) is 0 Å². The van der Waals surface area contributed by atoms with Gasteiger partial charge < -0.3 is 4.90 Å². The molecule has 7 aromatic carbocycles. The van der Waals surface area contributed by atoms with Gasteiger partial charge in [-0.3, -0.25) is 0 Å². The number of anilines is 3. The van der Waals surface area contributed by atoms with Gasteiger partial charge in [-0.15, -0.1) is 11.3 Å². The van der Waals surface area contributed by atoms with E-state index in [9.17, 15) is 0 Å². The van der Waals surface area contributed by atoms with Crippen molar-refractivity contribution in [2.45, 2.75) is 24.7 Å². The Bertz CT molecular complexity index is 2500. The first-order chi connectivity index (χ1) is 23.6. The number of thiophene rings is 1. The predicted molar refractivity (Wildman–Crippen MR) is 203 cm³/mol. The Morgan fingerprint density at radius 2 is 0.938 bits per heavy atom. The molecule has 1 nitrogen and oxygen atoms in total. The number of hydrogen-bond acceptors (Lipinski definition) is 2. The van der Waals surface area contributed by atoms with Crippen LogP contribution in [0.1, 0.15) is 47.2 Å². The molecule has 0 saturated carbocycles. The van der Waals surface area contributed by atoms with Gasteiger partial charge in [-0.2, -0.15) is 0 Å². The van der Waals surface area contributed by atoms with Crippen molar-refractivity contribution < 1.29 is 0 Å². The van der Waals surface area contributed by atoms with Gasteiger partial charge in [0.1, 0.15) is 0 Å². The highest BCUT2D eigenvalue weighted by Crippen LogP contribution is 2.62. The molecule has 0 N–H and O–H groups in total. The summed E-state index contributed by atoms with van der Waals surface area (Å²) in [4.78, 5) is 2.44. The van der Waals surface area contributed by atoms with Crippen LogP contribution in [0.5, 0.6) is 0 Å². The third-order valence-electron chi connectivity index (χ3n) is 10.9. The normalized spacial score (nSPS) is 14.8. The van der Waals surface area contributed by atoms with E-state index >= 15 is 0 Å². The smallest absolute Gasteiger partial charge is 0.0720 e. The standard InChI is InChI=1S/C46H33NS/c1-45(2)38-19-9-11-21-40(38)46(41-22-12-10-20-39(41)45)37-18-8-6-16-33(37)34-26-24-31(28-42(34)46)47(30-14-4-3-5-15-30)32-25-27-36-35-17-7-13-23-43(35)48-44(36)29-32/h3-29H,1-2H3. The van der Waals surface area contributed by atoms with Crippen molar-refractivity contribution >= 4 is 48.6 Å². The third kappa shape index (κ3) is 3.61. The lowest BCUT2D eigenvalue weighted by atomic mass is 9.55. The van der Waals surface area contributed by atoms with Crippen molar-refractivity contribution in [1.82, 2.24) is 0 Å². The van der Waals surface area contributed by atoms with Crippen LogP contribution in [-0.2, 0) is 10.8 Å². The molecule has 2 heteroatoms. The van der Waals surface area contributed by atoms with Crippen LogP contribution in [0.25, 0.3) is 31.3 Å². The van der Waals surface area contributed by atoms with Crippen LogP contribution in [0.4, 0.5) is 17.1 Å². The summed E-state index contributed by atoms with van der Waals surface area (Å²) in [7, 11) is 0. The zero-order valence-corrected chi connectivity index (χ0v) is 27.8. The fourth-order valence-corrected chi connectivity index (χ4v) is 10.0. The van der Waals surface area contributed by atoms with E-state index in [-0.39, 0.29) is 5.41 Å². The quantitative estimate of drug-likeness (QED) is 0.188. The molecule has 1 heterocycles. The molecule has 2 aliphatic carbocycles. The first kappa shape index (κ1) is 27.7. The Morgan fingerprint density at radius 3 is 1.69 bits per heavy atom. The van der Waals surface area contributed by atoms with Gasteiger partial charge in [0.2, 0.25) is 0 Å². The number of hydrogen-bond donors (Lipinski definition) is 0. The highest BCUT2D eigenvalue weighted by atomic mass is 32.1. The first-order valence-corrected chi connectivity index (χ1v) is 17.6. The lowest BCUT2D eigenvalue weighted by Gasteiger charge is -2.46. The Labute approximate surface area is 285 Å². The maximum absolute atomic E-state index is 2.49. The van der Waals surface area contributed by atoms with Gasteiger partial charge in [0, 0.05) is 42.6 Å². The first-order valence-electron chi connectivity index (χ1n) is 16.8. The summed E-state index contributed by atoms with van der Waals surface area (Å²) in [5, 5.41) is 2.64. The molecule has 48 heavy (non-hydrogen) atoms. The molecule has 0 atom stereocenters. The van der Waals surface area contributed by atoms with E-state index in [1.165, 1.54) is 64.7 Å². The molecule has 1 spiro atoms. The Kier molecular flexibility index (Phi) is 5.78. The largest absolute Gasteiger partial charge is 0.310 e. The van der Waals surface area contributed by atoms with Gasteiger partial charge in [-0.05, 0) is 87.0 Å². The summed E-state index contributed by atoms with van der Waals surface area (Å²) >= 11 is 1.87. The van der Waals surface area contributed by atoms with Crippen molar-refractivity contribution in [2.24, 2.45) is 0 Å². The summed E-state index contributed by atoms with van der Waals surface area (Å²) < 4.78 is 2.63. The molecule has 0 saturated heterocycles. The van der Waals surface area contributed by atoms with Gasteiger partial charge in [0.25, 0.3) is 0 Å². The molecule has 0 radical (unpaired) electrons. The molecular weight excluding hydrogens is 599 g/mol. The van der Waals surface area contributed by atoms with Crippen LogP contribution in [0.3, 0.4) is 0 Å². The van der Waals surface area contributed by atoms with E-state index in [2.05, 4.69) is 183 Å². The topological polar surface area (TPSA) is 3.24 Å². The maximum Gasteiger partial charge on any atom is 0.0720 e. The SMILES string of the molecule is CC1(C)c2ccccc2C2(c3ccccc3-c3ccc(N(c4ccccc4)c4ccc5c(c4)sc4ccccc45)cc32)c2ccccc21. The minimum atomic E-state index is -0.428. The van der Waals surface area contributed by atoms with Crippen LogP contribution in [-0.4, -0.2) is 0 Å². The van der Waals surface area contributed by atoms with E-state index < -0.39 is 5.41 Å². The summed E-state index contributed by atoms with van der Waals surface area (Å²) in [5.41, 5.74) is 13.8. The molecule has 0 bridgehead atoms. The summed E-state index contributed by atoms with van der Waals surface area (Å²) in [6, 6.07) is 61.2. The van der Waals surface area contributed by atoms with Crippen molar-refractivity contribution in [2.75, 3.05) is 4.90 Å². The second-order valence-electron chi connectivity index (χ2n) is 13.7. The Morgan fingerprint density at radius 1 is 0.396 bits per heavy atom. The minimum Gasteiger partial charge on any atom is -0.310 e. The maximum atomic E-state index is 2.49. The molecule has 8 aromatic rings. The average molecular weight is 632 g/mol. The van der Waals surface area contributed by atoms with E-state index in [1.807, 2.05) is 11.3 Å². The Balaban J connectivity index is 1.27. The molecule has 0 fully saturated rings. The molecule has 1 aromatic heterocycles. The number of para-hydroxylation sites is 1. The monoisotopic (exact) mass is 631 g/mol. The lowest BCUT2D eigenvalue weighted by molar-refractivity contribution is 0.563. The fourth-order valence-electron chi connectivity index (χ4n) is 8.87. The van der Waals surface area contributed by atoms with E-state index in [0.717, 1.165) is 17.1 Å². The van der Waals surface area contributed by atoms with Gasteiger partial charge in [-0.1, -0.05) is 135 Å². The predicted octanol–water partition coefficient (Wildman–Crippen LogP) is 12.5. The van der Waals surface area contributed by atoms with Crippen molar-refractivity contribution in [3.8, 4) is 11.1 Å². The summed E-state index contributed by atoms with van der Waals surface area (Å²) in [6.07, 6.45) is 0. The highest BCUT2D eigenvalue weighted by molar-refractivity contribution is 7.25. The zero-order chi connectivity index (χ0) is 32.0. The van der Waals surface area contributed by atoms with Crippen molar-refractivity contribution in [1.29, 1.82) is 0 Å². The van der Waals surface area contributed by atoms with E-state index in [0.29, 0.717) is 0 Å². The van der Waals surface area contributed by atoms with Gasteiger partial charge in [-0.25, -0.2) is 0 Å². The molecule has 2 aliphatic rings. The number of rotatable bonds is 3. The second kappa shape index (κ2) is 10.0. The summed E-state index contributed by atoms with van der Waals surface area (Å²) in [6.45, 7) is 4.77. The van der Waals surface area contributed by atoms with Crippen LogP contribution >= 0.6 is 11.3 Å². The second-order valence-corrected chi connectivity index (χ2v) is 14.8. The molecule has 228 valence electrons. The van der Waals surface area contributed by atoms with Crippen LogP contribution in [0, 0.1) is 0 Å². The van der Waals surface area contributed by atoms with Crippen molar-refractivity contribution in [3.05, 3.63) is 197 Å². The molecular formula is C46H33NS. The van der Waals surface area contributed by atoms with Crippen LogP contribution in [0.15, 0.2) is 164 Å². The molecule has 0 aliphatic heterocycles. The molecule has 0 unspecified atom stereocenters. The highest BCUT2D eigenvalue weighted by Gasteiger charge is 2.53. The minimum absolute atomic E-state index is 0.122. The third-order valence-corrected chi connectivity index (χ3v) is 12.1. The van der Waals surface area contributed by atoms with Gasteiger partial charge in [0.05, 0.1) is 5.41 Å². The Hall–Kier alpha value is -5.44. The van der Waals surface area contributed by atoms with Crippen LogP contribution < -0.4 is 4.90 Å². The van der Waals surface area contributed by atoms with Crippen LogP contribution in [0.2, 0.25) is 0 Å². The van der Waals surface area contributed by atoms with E-state index in [1.54, 1.807) is 0 Å². The summed E-state index contributed by atoms with van der Waals surface area (Å²) in [5.74, 6) is 0. The molecule has 10 rings (SSSR count).